The number of nitrogens with one attached hydrogen (secondary N) is 3. The van der Waals surface area contributed by atoms with Gasteiger partial charge in [-0.25, -0.2) is 9.59 Å². The van der Waals surface area contributed by atoms with Crippen molar-refractivity contribution >= 4 is 64.0 Å². The van der Waals surface area contributed by atoms with Crippen molar-refractivity contribution in [1.29, 1.82) is 0 Å². The van der Waals surface area contributed by atoms with Crippen molar-refractivity contribution in [1.82, 2.24) is 15.5 Å². The Morgan fingerprint density at radius 3 is 2.06 bits per heavy atom. The van der Waals surface area contributed by atoms with Crippen LogP contribution in [0.25, 0.3) is 5.57 Å². The van der Waals surface area contributed by atoms with Gasteiger partial charge in [-0.15, -0.1) is 0 Å². The fraction of sp³-hybridized carbons (Fsp3) is 0.654. The highest BCUT2D eigenvalue weighted by Gasteiger charge is 2.43. The average Bonchev–Trinajstić information content (AvgIpc) is 3.30. The Morgan fingerprint density at radius 1 is 0.781 bits per heavy atom. The number of carbonyl (C=O) groups is 3. The average molecular weight is 913 g/mol. The first-order valence-electron chi connectivity index (χ1n) is 25.2. The lowest BCUT2D eigenvalue weighted by atomic mass is 9.73. The molecule has 1 saturated heterocycles. The van der Waals surface area contributed by atoms with E-state index in [1.54, 1.807) is 0 Å². The fourth-order valence-corrected chi connectivity index (χ4v) is 13.1. The predicted octanol–water partition coefficient (Wildman–Crippen LogP) is 11.6. The molecule has 0 radical (unpaired) electrons. The number of Topliss-reactive ketones (excluding diaryl/α,β-unsaturated/α-hetero) is 1. The van der Waals surface area contributed by atoms with Crippen molar-refractivity contribution in [3.8, 4) is 0 Å². The number of carbonyl (C=O) groups excluding carboxylic acids is 3. The lowest BCUT2D eigenvalue weighted by Crippen LogP contribution is -2.39. The monoisotopic (exact) mass is 913 g/mol. The van der Waals surface area contributed by atoms with Gasteiger partial charge in [-0.05, 0) is 135 Å². The Bertz CT molecular complexity index is 2030. The standard InChI is InChI=1S/C52H76N6O4S2/c1-5-9-17-35(7-3)33-63-29-15-23-53-51(61)55-45-39-21-13-27-57-25-11-19-37(47(39)57)31-41(45)43-49(59)44(50(43)60)42-32-38-20-12-26-58-28-14-22-40(48(38)58)46(42)56-52(62)54-24-16-30-64-34-36(8-4)18-10-6-2/h31-32,35-36,59H,5-30,33-34H2,1-4H3,(H,53,61)(H2,54,56,62)/b43-41+,55-45?. The number of rotatable bonds is 22. The Morgan fingerprint density at radius 2 is 1.41 bits per heavy atom. The first kappa shape index (κ1) is 48.3. The van der Waals surface area contributed by atoms with Crippen LogP contribution in [0.3, 0.4) is 0 Å². The molecule has 7 rings (SSSR count). The van der Waals surface area contributed by atoms with E-state index in [1.807, 2.05) is 35.7 Å². The predicted molar refractivity (Wildman–Crippen MR) is 270 cm³/mol. The van der Waals surface area contributed by atoms with Gasteiger partial charge in [0.05, 0.1) is 22.5 Å². The van der Waals surface area contributed by atoms with E-state index >= 15 is 0 Å². The molecule has 0 aromatic heterocycles. The molecule has 0 bridgehead atoms. The molecule has 2 aliphatic carbocycles. The highest BCUT2D eigenvalue weighted by molar-refractivity contribution is 7.99. The van der Waals surface area contributed by atoms with Gasteiger partial charge in [0.1, 0.15) is 5.76 Å². The lowest BCUT2D eigenvalue weighted by Gasteiger charge is -2.42. The second kappa shape index (κ2) is 23.7. The summed E-state index contributed by atoms with van der Waals surface area (Å²) in [5.74, 6) is 5.46. The third-order valence-electron chi connectivity index (χ3n) is 14.2. The van der Waals surface area contributed by atoms with Gasteiger partial charge < -0.3 is 30.9 Å². The number of piperidine rings is 1. The zero-order valence-electron chi connectivity index (χ0n) is 39.4. The molecule has 1 aromatic carbocycles. The van der Waals surface area contributed by atoms with Crippen molar-refractivity contribution in [2.75, 3.05) is 72.5 Å². The molecule has 64 heavy (non-hydrogen) atoms. The molecule has 4 N–H and O–H groups in total. The Labute approximate surface area is 392 Å². The number of benzene rings is 1. The summed E-state index contributed by atoms with van der Waals surface area (Å²) in [6, 6.07) is 1.35. The van der Waals surface area contributed by atoms with Crippen molar-refractivity contribution in [3.63, 3.8) is 0 Å². The molecule has 4 amide bonds. The molecule has 2 unspecified atom stereocenters. The van der Waals surface area contributed by atoms with E-state index in [9.17, 15) is 19.5 Å². The lowest BCUT2D eigenvalue weighted by molar-refractivity contribution is -0.111. The van der Waals surface area contributed by atoms with Crippen LogP contribution in [0.15, 0.2) is 50.9 Å². The SMILES string of the molecule is CCCCC(CC)CSCCCNC(=O)N=C1C2=C3C(=C/C1=C1\C(=O)C(c4cc5c6c(c4NC(=O)NCCCSCC(CC)CCCC)CCCN6CCC5)=C1O)CCCN3CCC2. The van der Waals surface area contributed by atoms with Gasteiger partial charge in [0.2, 0.25) is 5.78 Å². The number of unbranched alkanes of at least 4 members (excludes halogenated alkanes) is 2. The van der Waals surface area contributed by atoms with Crippen molar-refractivity contribution in [2.24, 2.45) is 16.8 Å². The van der Waals surface area contributed by atoms with Gasteiger partial charge in [0.15, 0.2) is 0 Å². The summed E-state index contributed by atoms with van der Waals surface area (Å²) >= 11 is 3.95. The van der Waals surface area contributed by atoms with E-state index in [0.29, 0.717) is 35.6 Å². The van der Waals surface area contributed by atoms with Crippen LogP contribution >= 0.6 is 23.5 Å². The summed E-state index contributed by atoms with van der Waals surface area (Å²) in [4.78, 5) is 51.7. The largest absolute Gasteiger partial charge is 0.506 e. The molecule has 1 fully saturated rings. The Hall–Kier alpha value is -3.64. The zero-order chi connectivity index (χ0) is 45.0. The molecule has 12 heteroatoms. The third kappa shape index (κ3) is 11.3. The maximum absolute atomic E-state index is 14.8. The summed E-state index contributed by atoms with van der Waals surface area (Å²) in [5.41, 5.74) is 9.40. The minimum Gasteiger partial charge on any atom is -0.506 e. The third-order valence-corrected chi connectivity index (χ3v) is 16.8. The molecule has 0 saturated carbocycles. The second-order valence-corrected chi connectivity index (χ2v) is 21.1. The summed E-state index contributed by atoms with van der Waals surface area (Å²) in [5, 5.41) is 21.6. The molecule has 1 aromatic rings. The summed E-state index contributed by atoms with van der Waals surface area (Å²) in [7, 11) is 0. The van der Waals surface area contributed by atoms with Crippen LogP contribution in [0.5, 0.6) is 0 Å². The van der Waals surface area contributed by atoms with Crippen LogP contribution in [0.2, 0.25) is 0 Å². The van der Waals surface area contributed by atoms with Gasteiger partial charge in [0.25, 0.3) is 0 Å². The molecule has 6 aliphatic rings. The number of aliphatic hydroxyl groups is 1. The smallest absolute Gasteiger partial charge is 0.341 e. The van der Waals surface area contributed by atoms with E-state index < -0.39 is 6.03 Å². The first-order valence-corrected chi connectivity index (χ1v) is 27.5. The summed E-state index contributed by atoms with van der Waals surface area (Å²) in [6.07, 6.45) is 21.0. The number of allylic oxidation sites excluding steroid dienone is 6. The minimum absolute atomic E-state index is 0.0840. The normalized spacial score (nSPS) is 20.7. The van der Waals surface area contributed by atoms with E-state index in [4.69, 9.17) is 4.99 Å². The summed E-state index contributed by atoms with van der Waals surface area (Å²) in [6.45, 7) is 14.0. The van der Waals surface area contributed by atoms with E-state index in [0.717, 1.165) is 147 Å². The van der Waals surface area contributed by atoms with E-state index in [-0.39, 0.29) is 28.7 Å². The quantitative estimate of drug-likeness (QED) is 0.0669. The zero-order valence-corrected chi connectivity index (χ0v) is 41.1. The van der Waals surface area contributed by atoms with Gasteiger partial charge in [0, 0.05) is 72.9 Å². The molecule has 0 spiro atoms. The molecular weight excluding hydrogens is 837 g/mol. The number of hydrogen-bond acceptors (Lipinski definition) is 8. The van der Waals surface area contributed by atoms with Crippen LogP contribution < -0.4 is 20.9 Å². The number of aliphatic hydroxyl groups excluding tert-OH is 1. The maximum atomic E-state index is 14.8. The molecule has 350 valence electrons. The number of aliphatic imine (C=N–C) groups is 1. The van der Waals surface area contributed by atoms with Crippen molar-refractivity contribution < 1.29 is 19.5 Å². The summed E-state index contributed by atoms with van der Waals surface area (Å²) < 4.78 is 0. The van der Waals surface area contributed by atoms with Gasteiger partial charge in [-0.3, -0.25) is 4.79 Å². The van der Waals surface area contributed by atoms with Crippen LogP contribution in [-0.2, 0) is 17.6 Å². The topological polar surface area (TPSA) is 126 Å². The number of anilines is 2. The minimum atomic E-state index is -0.410. The molecule has 2 atom stereocenters. The number of aryl methyl sites for hydroxylation is 1. The van der Waals surface area contributed by atoms with Gasteiger partial charge >= 0.3 is 12.1 Å². The van der Waals surface area contributed by atoms with Crippen LogP contribution in [-0.4, -0.2) is 95.8 Å². The molecule has 4 heterocycles. The molecule has 10 nitrogen and oxygen atoms in total. The van der Waals surface area contributed by atoms with Crippen LogP contribution in [0.1, 0.15) is 147 Å². The number of nitrogens with zero attached hydrogens (tertiary/aromatic N) is 3. The highest BCUT2D eigenvalue weighted by atomic mass is 32.2. The molecule has 4 aliphatic heterocycles. The maximum Gasteiger partial charge on any atom is 0.341 e. The van der Waals surface area contributed by atoms with Crippen molar-refractivity contribution in [3.05, 3.63) is 62.6 Å². The Balaban J connectivity index is 1.13. The Kier molecular flexibility index (Phi) is 17.9. The van der Waals surface area contributed by atoms with Crippen molar-refractivity contribution in [2.45, 2.75) is 143 Å². The first-order chi connectivity index (χ1) is 31.3. The van der Waals surface area contributed by atoms with E-state index in [1.165, 1.54) is 62.8 Å². The number of hydrogen-bond donors (Lipinski definition) is 4. The number of amides is 4. The molecular formula is C52H76N6O4S2. The van der Waals surface area contributed by atoms with Gasteiger partial charge in [-0.2, -0.15) is 28.5 Å². The number of urea groups is 2. The van der Waals surface area contributed by atoms with E-state index in [2.05, 4.69) is 53.4 Å². The number of thioether (sulfide) groups is 2. The number of ketones is 1. The fourth-order valence-electron chi connectivity index (χ4n) is 10.6. The van der Waals surface area contributed by atoms with Crippen LogP contribution in [0, 0.1) is 11.8 Å². The highest BCUT2D eigenvalue weighted by Crippen LogP contribution is 2.49. The van der Waals surface area contributed by atoms with Gasteiger partial charge in [-0.1, -0.05) is 66.2 Å². The van der Waals surface area contributed by atoms with Crippen LogP contribution in [0.4, 0.5) is 21.0 Å². The second-order valence-electron chi connectivity index (χ2n) is 18.8.